The van der Waals surface area contributed by atoms with Crippen molar-refractivity contribution in [3.63, 3.8) is 0 Å². The van der Waals surface area contributed by atoms with Gasteiger partial charge in [-0.15, -0.1) is 35.5 Å². The van der Waals surface area contributed by atoms with Gasteiger partial charge in [-0.3, -0.25) is 9.59 Å². The average molecular weight is 431 g/mol. The lowest BCUT2D eigenvalue weighted by molar-refractivity contribution is -0.121. The zero-order chi connectivity index (χ0) is 18.8. The minimum absolute atomic E-state index is 0. The summed E-state index contributed by atoms with van der Waals surface area (Å²) >= 11 is 3.05. The molecule has 0 radical (unpaired) electrons. The zero-order valence-electron chi connectivity index (χ0n) is 16.0. The van der Waals surface area contributed by atoms with E-state index in [-0.39, 0.29) is 35.2 Å². The maximum atomic E-state index is 12.5. The fourth-order valence-corrected chi connectivity index (χ4v) is 4.99. The maximum absolute atomic E-state index is 12.5. The van der Waals surface area contributed by atoms with Crippen LogP contribution in [0.1, 0.15) is 36.5 Å². The predicted octanol–water partition coefficient (Wildman–Crippen LogP) is 2.76. The summed E-state index contributed by atoms with van der Waals surface area (Å²) in [5.74, 6) is 1.64. The van der Waals surface area contributed by atoms with Gasteiger partial charge in [-0.2, -0.15) is 0 Å². The van der Waals surface area contributed by atoms with E-state index in [4.69, 9.17) is 0 Å². The number of nitrogens with zero attached hydrogens (tertiary/aromatic N) is 1. The van der Waals surface area contributed by atoms with Crippen LogP contribution in [0.2, 0.25) is 0 Å². The molecule has 0 aliphatic carbocycles. The number of aromatic nitrogens is 2. The van der Waals surface area contributed by atoms with E-state index in [1.807, 2.05) is 20.8 Å². The molecule has 1 aliphatic heterocycles. The van der Waals surface area contributed by atoms with Gasteiger partial charge in [0.05, 0.1) is 16.4 Å². The Kier molecular flexibility index (Phi) is 7.73. The van der Waals surface area contributed by atoms with Crippen molar-refractivity contribution in [3.8, 4) is 0 Å². The SMILES string of the molecule is Cc1sc2nc(CSC(C)C(=O)NC3CCNCC3C)[nH]c(=O)c2c1C.Cl. The van der Waals surface area contributed by atoms with E-state index in [1.54, 1.807) is 11.3 Å². The highest BCUT2D eigenvalue weighted by Gasteiger charge is 2.25. The van der Waals surface area contributed by atoms with Crippen molar-refractivity contribution in [2.45, 2.75) is 51.2 Å². The van der Waals surface area contributed by atoms with E-state index in [0.29, 0.717) is 22.9 Å². The second-order valence-electron chi connectivity index (χ2n) is 7.01. The summed E-state index contributed by atoms with van der Waals surface area (Å²) < 4.78 is 0. The number of hydrogen-bond acceptors (Lipinski definition) is 6. The number of halogens is 1. The number of H-pyrrole nitrogens is 1. The third kappa shape index (κ3) is 5.04. The number of fused-ring (bicyclic) bond motifs is 1. The molecule has 9 heteroatoms. The summed E-state index contributed by atoms with van der Waals surface area (Å²) in [6, 6.07) is 0.234. The molecule has 1 saturated heterocycles. The number of aromatic amines is 1. The smallest absolute Gasteiger partial charge is 0.259 e. The van der Waals surface area contributed by atoms with Gasteiger partial charge in [0.25, 0.3) is 5.56 Å². The number of carbonyl (C=O) groups excluding carboxylic acids is 1. The molecule has 1 fully saturated rings. The Morgan fingerprint density at radius 1 is 1.44 bits per heavy atom. The molecule has 6 nitrogen and oxygen atoms in total. The Labute approximate surface area is 173 Å². The number of thiophene rings is 1. The standard InChI is InChI=1S/C18H26N4O2S2.ClH/c1-9-7-19-6-5-13(9)20-16(23)12(4)25-8-14-21-17(24)15-10(2)11(3)26-18(15)22-14;/h9,12-13,19H,5-8H2,1-4H3,(H,20,23)(H,21,22,24);1H. The van der Waals surface area contributed by atoms with Gasteiger partial charge in [0.15, 0.2) is 0 Å². The Morgan fingerprint density at radius 2 is 2.19 bits per heavy atom. The fourth-order valence-electron chi connectivity index (χ4n) is 3.18. The Morgan fingerprint density at radius 3 is 2.89 bits per heavy atom. The first kappa shape index (κ1) is 22.2. The van der Waals surface area contributed by atoms with Crippen molar-refractivity contribution in [2.75, 3.05) is 13.1 Å². The highest BCUT2D eigenvalue weighted by Crippen LogP contribution is 2.26. The lowest BCUT2D eigenvalue weighted by Gasteiger charge is -2.31. The third-order valence-corrected chi connectivity index (χ3v) is 7.30. The van der Waals surface area contributed by atoms with Gasteiger partial charge in [-0.1, -0.05) is 6.92 Å². The molecule has 3 unspecified atom stereocenters. The largest absolute Gasteiger partial charge is 0.352 e. The highest BCUT2D eigenvalue weighted by atomic mass is 35.5. The summed E-state index contributed by atoms with van der Waals surface area (Å²) in [6.07, 6.45) is 0.965. The number of rotatable bonds is 5. The van der Waals surface area contributed by atoms with Crippen molar-refractivity contribution in [2.24, 2.45) is 5.92 Å². The summed E-state index contributed by atoms with van der Waals surface area (Å²) in [5.41, 5.74) is 0.912. The van der Waals surface area contributed by atoms with Crippen molar-refractivity contribution >= 4 is 51.6 Å². The molecule has 27 heavy (non-hydrogen) atoms. The molecule has 150 valence electrons. The molecule has 3 N–H and O–H groups in total. The number of piperidine rings is 1. The van der Waals surface area contributed by atoms with Gasteiger partial charge in [0.1, 0.15) is 10.7 Å². The number of nitrogens with one attached hydrogen (secondary N) is 3. The van der Waals surface area contributed by atoms with E-state index in [9.17, 15) is 9.59 Å². The molecule has 0 saturated carbocycles. The third-order valence-electron chi connectivity index (χ3n) is 5.04. The van der Waals surface area contributed by atoms with E-state index in [2.05, 4.69) is 27.5 Å². The van der Waals surface area contributed by atoms with Crippen LogP contribution in [-0.2, 0) is 10.5 Å². The van der Waals surface area contributed by atoms with Gasteiger partial charge in [-0.25, -0.2) is 4.98 Å². The van der Waals surface area contributed by atoms with Crippen LogP contribution in [0.15, 0.2) is 4.79 Å². The molecular formula is C18H27ClN4O2S2. The Hall–Kier alpha value is -1.09. The first-order chi connectivity index (χ1) is 12.4. The molecule has 1 amide bonds. The molecular weight excluding hydrogens is 404 g/mol. The van der Waals surface area contributed by atoms with E-state index < -0.39 is 0 Å². The van der Waals surface area contributed by atoms with E-state index in [0.717, 1.165) is 34.8 Å². The van der Waals surface area contributed by atoms with Crippen LogP contribution < -0.4 is 16.2 Å². The van der Waals surface area contributed by atoms with Gasteiger partial charge in [0.2, 0.25) is 5.91 Å². The Balaban J connectivity index is 0.00000261. The summed E-state index contributed by atoms with van der Waals surface area (Å²) in [5, 5.41) is 7.01. The summed E-state index contributed by atoms with van der Waals surface area (Å²) in [7, 11) is 0. The van der Waals surface area contributed by atoms with Gasteiger partial charge in [0, 0.05) is 10.9 Å². The molecule has 2 aromatic heterocycles. The van der Waals surface area contributed by atoms with Crippen LogP contribution in [0.25, 0.3) is 10.2 Å². The monoisotopic (exact) mass is 430 g/mol. The van der Waals surface area contributed by atoms with E-state index in [1.165, 1.54) is 11.8 Å². The first-order valence-corrected chi connectivity index (χ1v) is 10.8. The summed E-state index contributed by atoms with van der Waals surface area (Å²) in [4.78, 5) is 34.1. The Bertz CT molecular complexity index is 867. The minimum atomic E-state index is -0.190. The lowest BCUT2D eigenvalue weighted by atomic mass is 9.95. The maximum Gasteiger partial charge on any atom is 0.259 e. The zero-order valence-corrected chi connectivity index (χ0v) is 18.5. The molecule has 3 heterocycles. The number of amides is 1. The fraction of sp³-hybridized carbons (Fsp3) is 0.611. The van der Waals surface area contributed by atoms with Crippen molar-refractivity contribution < 1.29 is 4.79 Å². The van der Waals surface area contributed by atoms with Crippen molar-refractivity contribution in [1.82, 2.24) is 20.6 Å². The number of carbonyl (C=O) groups is 1. The minimum Gasteiger partial charge on any atom is -0.352 e. The number of aryl methyl sites for hydroxylation is 2. The molecule has 2 aromatic rings. The van der Waals surface area contributed by atoms with Gasteiger partial charge < -0.3 is 15.6 Å². The number of thioether (sulfide) groups is 1. The molecule has 3 rings (SSSR count). The van der Waals surface area contributed by atoms with Crippen molar-refractivity contribution in [3.05, 3.63) is 26.6 Å². The van der Waals surface area contributed by atoms with Crippen LogP contribution in [0.3, 0.4) is 0 Å². The molecule has 0 aromatic carbocycles. The normalized spacial score (nSPS) is 20.9. The van der Waals surface area contributed by atoms with Crippen LogP contribution in [0, 0.1) is 19.8 Å². The summed E-state index contributed by atoms with van der Waals surface area (Å²) in [6.45, 7) is 9.90. The first-order valence-electron chi connectivity index (χ1n) is 8.98. The molecule has 0 bridgehead atoms. The molecule has 0 spiro atoms. The van der Waals surface area contributed by atoms with Crippen LogP contribution >= 0.6 is 35.5 Å². The predicted molar refractivity (Wildman–Crippen MR) is 116 cm³/mol. The molecule has 3 atom stereocenters. The van der Waals surface area contributed by atoms with Crippen LogP contribution in [0.4, 0.5) is 0 Å². The van der Waals surface area contributed by atoms with Crippen LogP contribution in [-0.4, -0.2) is 40.3 Å². The topological polar surface area (TPSA) is 86.9 Å². The van der Waals surface area contributed by atoms with Gasteiger partial charge >= 0.3 is 0 Å². The average Bonchev–Trinajstić information content (AvgIpc) is 2.89. The van der Waals surface area contributed by atoms with Crippen LogP contribution in [0.5, 0.6) is 0 Å². The second kappa shape index (κ2) is 9.41. The second-order valence-corrected chi connectivity index (χ2v) is 9.55. The quantitative estimate of drug-likeness (QED) is 0.678. The van der Waals surface area contributed by atoms with E-state index >= 15 is 0 Å². The number of hydrogen-bond donors (Lipinski definition) is 3. The van der Waals surface area contributed by atoms with Crippen molar-refractivity contribution in [1.29, 1.82) is 0 Å². The van der Waals surface area contributed by atoms with Gasteiger partial charge in [-0.05, 0) is 51.8 Å². The molecule has 1 aliphatic rings. The lowest BCUT2D eigenvalue weighted by Crippen LogP contribution is -2.50. The highest BCUT2D eigenvalue weighted by molar-refractivity contribution is 7.99.